The quantitative estimate of drug-likeness (QED) is 0.176. The van der Waals surface area contributed by atoms with Gasteiger partial charge in [0.1, 0.15) is 5.65 Å². The minimum Gasteiger partial charge on any atom is -0.292 e. The first-order chi connectivity index (χ1) is 24.3. The standard InChI is InChI=1S/C47H28N2/c1-2-13-34-29(10-1)20-25-41-46(34)40-24-22-33(28-45(40)49-44-19-8-7-18-43(44)48-47(41)49)31-12-9-11-30(26-31)32-21-23-39-37-16-4-3-14-35(37)36-15-5-6-17-38(36)42(39)27-32/h1-28H. The van der Waals surface area contributed by atoms with E-state index < -0.39 is 0 Å². The number of imidazole rings is 1. The number of aromatic nitrogens is 2. The SMILES string of the molecule is c1cc(-c2ccc3c4ccccc4c4ccccc4c3c2)cc(-c2ccc3c4c5ccccc5ccc4c4nc5ccccc5n4c3c2)c1. The van der Waals surface area contributed by atoms with Crippen LogP contribution in [0.15, 0.2) is 170 Å². The summed E-state index contributed by atoms with van der Waals surface area (Å²) in [6.07, 6.45) is 0. The van der Waals surface area contributed by atoms with Crippen molar-refractivity contribution in [2.24, 2.45) is 0 Å². The van der Waals surface area contributed by atoms with Gasteiger partial charge in [0.2, 0.25) is 0 Å². The molecule has 0 aliphatic rings. The van der Waals surface area contributed by atoms with Crippen LogP contribution in [-0.4, -0.2) is 9.38 Å². The Balaban J connectivity index is 1.14. The highest BCUT2D eigenvalue weighted by molar-refractivity contribution is 6.26. The third kappa shape index (κ3) is 3.80. The normalized spacial score (nSPS) is 12.1. The largest absolute Gasteiger partial charge is 0.292 e. The molecule has 0 radical (unpaired) electrons. The number of fused-ring (bicyclic) bond motifs is 16. The first-order valence-corrected chi connectivity index (χ1v) is 16.9. The number of pyridine rings is 1. The van der Waals surface area contributed by atoms with Gasteiger partial charge in [0, 0.05) is 16.2 Å². The Hall–Kier alpha value is -6.51. The number of benzene rings is 9. The Bertz CT molecular complexity index is 3130. The molecular formula is C47H28N2. The zero-order chi connectivity index (χ0) is 32.1. The summed E-state index contributed by atoms with van der Waals surface area (Å²) in [5.74, 6) is 0. The van der Waals surface area contributed by atoms with Crippen LogP contribution in [0.25, 0.3) is 104 Å². The lowest BCUT2D eigenvalue weighted by atomic mass is 9.91. The maximum atomic E-state index is 5.18. The molecule has 0 saturated heterocycles. The summed E-state index contributed by atoms with van der Waals surface area (Å²) < 4.78 is 2.36. The Kier molecular flexibility index (Phi) is 5.42. The van der Waals surface area contributed by atoms with Gasteiger partial charge in [0.25, 0.3) is 0 Å². The maximum absolute atomic E-state index is 5.18. The monoisotopic (exact) mass is 620 g/mol. The Morgan fingerprint density at radius 2 is 0.878 bits per heavy atom. The molecule has 0 atom stereocenters. The molecule has 49 heavy (non-hydrogen) atoms. The van der Waals surface area contributed by atoms with Crippen molar-refractivity contribution in [3.63, 3.8) is 0 Å². The van der Waals surface area contributed by atoms with Crippen LogP contribution in [0.1, 0.15) is 0 Å². The molecule has 11 rings (SSSR count). The second-order valence-corrected chi connectivity index (χ2v) is 13.1. The summed E-state index contributed by atoms with van der Waals surface area (Å²) in [6.45, 7) is 0. The molecule has 0 unspecified atom stereocenters. The molecule has 0 N–H and O–H groups in total. The summed E-state index contributed by atoms with van der Waals surface area (Å²) in [6, 6.07) is 62.1. The van der Waals surface area contributed by atoms with E-state index in [0.717, 1.165) is 16.7 Å². The van der Waals surface area contributed by atoms with Crippen molar-refractivity contribution in [1.29, 1.82) is 0 Å². The van der Waals surface area contributed by atoms with E-state index in [9.17, 15) is 0 Å². The van der Waals surface area contributed by atoms with Crippen molar-refractivity contribution in [2.45, 2.75) is 0 Å². The van der Waals surface area contributed by atoms with E-state index in [0.29, 0.717) is 0 Å². The summed E-state index contributed by atoms with van der Waals surface area (Å²) >= 11 is 0. The second-order valence-electron chi connectivity index (χ2n) is 13.1. The van der Waals surface area contributed by atoms with E-state index in [1.165, 1.54) is 87.0 Å². The van der Waals surface area contributed by atoms with Gasteiger partial charge in [-0.05, 0) is 102 Å². The van der Waals surface area contributed by atoms with E-state index >= 15 is 0 Å². The molecule has 0 aliphatic carbocycles. The molecule has 0 saturated carbocycles. The van der Waals surface area contributed by atoms with Gasteiger partial charge < -0.3 is 0 Å². The van der Waals surface area contributed by atoms with Crippen molar-refractivity contribution in [2.75, 3.05) is 0 Å². The third-order valence-corrected chi connectivity index (χ3v) is 10.5. The smallest absolute Gasteiger partial charge is 0.146 e. The fourth-order valence-corrected chi connectivity index (χ4v) is 8.27. The van der Waals surface area contributed by atoms with Gasteiger partial charge in [-0.1, -0.05) is 133 Å². The first kappa shape index (κ1) is 26.5. The number of nitrogens with zero attached hydrogens (tertiary/aromatic N) is 2. The van der Waals surface area contributed by atoms with Gasteiger partial charge in [-0.2, -0.15) is 0 Å². The average Bonchev–Trinajstić information content (AvgIpc) is 3.58. The molecule has 2 nitrogen and oxygen atoms in total. The molecule has 2 heterocycles. The first-order valence-electron chi connectivity index (χ1n) is 16.9. The van der Waals surface area contributed by atoms with Crippen molar-refractivity contribution in [1.82, 2.24) is 9.38 Å². The van der Waals surface area contributed by atoms with E-state index in [1.807, 2.05) is 0 Å². The molecule has 2 heteroatoms. The van der Waals surface area contributed by atoms with Crippen molar-refractivity contribution < 1.29 is 0 Å². The molecule has 9 aromatic carbocycles. The molecule has 11 aromatic rings. The number of hydrogen-bond donors (Lipinski definition) is 0. The van der Waals surface area contributed by atoms with Crippen LogP contribution in [0.3, 0.4) is 0 Å². The van der Waals surface area contributed by atoms with Crippen LogP contribution in [-0.2, 0) is 0 Å². The van der Waals surface area contributed by atoms with Gasteiger partial charge in [-0.25, -0.2) is 4.98 Å². The van der Waals surface area contributed by atoms with Gasteiger partial charge in [0.15, 0.2) is 0 Å². The van der Waals surface area contributed by atoms with Crippen LogP contribution in [0.5, 0.6) is 0 Å². The molecule has 2 aromatic heterocycles. The molecular weight excluding hydrogens is 593 g/mol. The van der Waals surface area contributed by atoms with Crippen LogP contribution >= 0.6 is 0 Å². The summed E-state index contributed by atoms with van der Waals surface area (Å²) in [4.78, 5) is 5.18. The Labute approximate surface area is 282 Å². The summed E-state index contributed by atoms with van der Waals surface area (Å²) in [5, 5.41) is 13.9. The summed E-state index contributed by atoms with van der Waals surface area (Å²) in [7, 11) is 0. The number of rotatable bonds is 2. The topological polar surface area (TPSA) is 17.3 Å². The van der Waals surface area contributed by atoms with Crippen molar-refractivity contribution in [3.8, 4) is 22.3 Å². The van der Waals surface area contributed by atoms with E-state index in [1.54, 1.807) is 0 Å². The molecule has 0 aliphatic heterocycles. The predicted molar refractivity (Wildman–Crippen MR) is 209 cm³/mol. The number of hydrogen-bond acceptors (Lipinski definition) is 1. The Morgan fingerprint density at radius 1 is 0.327 bits per heavy atom. The lowest BCUT2D eigenvalue weighted by Gasteiger charge is -2.14. The zero-order valence-corrected chi connectivity index (χ0v) is 26.6. The average molecular weight is 621 g/mol. The highest BCUT2D eigenvalue weighted by atomic mass is 15.0. The van der Waals surface area contributed by atoms with Crippen LogP contribution in [0, 0.1) is 0 Å². The van der Waals surface area contributed by atoms with Gasteiger partial charge >= 0.3 is 0 Å². The minimum absolute atomic E-state index is 0.997. The minimum atomic E-state index is 0.997. The van der Waals surface area contributed by atoms with Gasteiger partial charge in [0.05, 0.1) is 16.6 Å². The molecule has 226 valence electrons. The van der Waals surface area contributed by atoms with Crippen LogP contribution < -0.4 is 0 Å². The third-order valence-electron chi connectivity index (χ3n) is 10.5. The maximum Gasteiger partial charge on any atom is 0.146 e. The fraction of sp³-hybridized carbons (Fsp3) is 0. The fourth-order valence-electron chi connectivity index (χ4n) is 8.27. The van der Waals surface area contributed by atoms with Gasteiger partial charge in [-0.3, -0.25) is 4.40 Å². The van der Waals surface area contributed by atoms with Crippen molar-refractivity contribution in [3.05, 3.63) is 170 Å². The second kappa shape index (κ2) is 10.00. The van der Waals surface area contributed by atoms with Gasteiger partial charge in [-0.15, -0.1) is 0 Å². The summed E-state index contributed by atoms with van der Waals surface area (Å²) in [5.41, 5.74) is 9.10. The molecule has 0 bridgehead atoms. The highest BCUT2D eigenvalue weighted by Gasteiger charge is 2.17. The van der Waals surface area contributed by atoms with E-state index in [-0.39, 0.29) is 0 Å². The lowest BCUT2D eigenvalue weighted by Crippen LogP contribution is -1.93. The number of para-hydroxylation sites is 2. The highest BCUT2D eigenvalue weighted by Crippen LogP contribution is 2.40. The lowest BCUT2D eigenvalue weighted by molar-refractivity contribution is 1.32. The van der Waals surface area contributed by atoms with Crippen LogP contribution in [0.4, 0.5) is 0 Å². The Morgan fingerprint density at radius 3 is 1.63 bits per heavy atom. The predicted octanol–water partition coefficient (Wildman–Crippen LogP) is 12.7. The zero-order valence-electron chi connectivity index (χ0n) is 26.6. The van der Waals surface area contributed by atoms with Crippen LogP contribution in [0.2, 0.25) is 0 Å². The molecule has 0 spiro atoms. The van der Waals surface area contributed by atoms with E-state index in [2.05, 4.69) is 174 Å². The van der Waals surface area contributed by atoms with Crippen molar-refractivity contribution >= 4 is 81.4 Å². The van der Waals surface area contributed by atoms with E-state index in [4.69, 9.17) is 4.98 Å². The molecule has 0 amide bonds. The molecule has 0 fully saturated rings.